The zero-order chi connectivity index (χ0) is 85.7. The Kier molecular flexibility index (Phi) is 37.2. The van der Waals surface area contributed by atoms with Crippen LogP contribution in [-0.4, -0.2) is 269 Å². The first-order chi connectivity index (χ1) is 57.9. The third-order valence-electron chi connectivity index (χ3n) is 23.7. The number of allylic oxidation sites excluding steroid dienone is 6. The number of nitrogens with two attached hydrogens (primary N) is 3. The number of carbonyl (C=O) groups excluding carboxylic acids is 6. The number of aliphatic hydroxyl groups excluding tert-OH is 1. The lowest BCUT2D eigenvalue weighted by Gasteiger charge is -2.42. The van der Waals surface area contributed by atoms with E-state index in [9.17, 15) is 39.0 Å². The molecule has 5 aromatic rings. The smallest absolute Gasteiger partial charge is 0.329 e. The fraction of sp³-hybridized carbons (Fsp3) is 0.678. The van der Waals surface area contributed by atoms with Crippen molar-refractivity contribution in [2.45, 2.75) is 225 Å². The van der Waals surface area contributed by atoms with E-state index < -0.39 is 83.8 Å². The molecule has 0 spiro atoms. The molecular weight excluding hydrogens is 1550 g/mol. The fourth-order valence-corrected chi connectivity index (χ4v) is 16.6. The molecule has 662 valence electrons. The molecule has 10 rings (SSSR count). The molecule has 4 aromatic heterocycles. The molecule has 33 nitrogen and oxygen atoms in total. The molecule has 8 N–H and O–H groups in total. The van der Waals surface area contributed by atoms with Gasteiger partial charge in [-0.25, -0.2) is 24.1 Å². The quantitative estimate of drug-likeness (QED) is 0.0111. The van der Waals surface area contributed by atoms with E-state index in [-0.39, 0.29) is 73.2 Å². The summed E-state index contributed by atoms with van der Waals surface area (Å²) in [5.74, 6) is -7.45. The number of nitrogen functional groups attached to an aromatic ring is 2. The number of rotatable bonds is 35. The van der Waals surface area contributed by atoms with E-state index in [1.54, 1.807) is 44.7 Å². The third-order valence-corrected chi connectivity index (χ3v) is 23.7. The SMILES string of the molecule is CO[C@H]1C[C@@H]2CC[C@@H](C)[C@@](O)(O2)C(=O)C(=O)N2CCCC[C@H]2C(=O)O[C@H]([C@H](N)C[C@H]2CC[C@H](OCCCCc3cn(CCOCCOCCOCCOCCOCCOCCC(=O)N4CCC(Cn5nc(-c6ccc7oc(N)nc7c6)c6c(N)ncnc65)C4)nn3)CC2)CC(=O)[C@H](C)/C=C(\C)[C@@H](O)[C@@H](OC)C(=O)[C@H](C)C[C@H](C)/C=C/C=C/C=C/1C. The number of ether oxygens (including phenoxy) is 11. The number of carbonyl (C=O) groups is 6. The van der Waals surface area contributed by atoms with E-state index in [2.05, 4.69) is 25.3 Å². The van der Waals surface area contributed by atoms with Gasteiger partial charge < -0.3 is 93.7 Å². The molecule has 1 aromatic carbocycles. The molecule has 1 saturated carbocycles. The lowest BCUT2D eigenvalue weighted by Crippen LogP contribution is -2.61. The van der Waals surface area contributed by atoms with Crippen molar-refractivity contribution >= 4 is 69.1 Å². The molecule has 4 fully saturated rings. The minimum Gasteiger partial charge on any atom is -0.459 e. The van der Waals surface area contributed by atoms with Crippen LogP contribution < -0.4 is 17.2 Å². The standard InChI is InChI=1S/C87H129N13O20/c1-56-16-10-9-11-17-57(2)73(109-7)50-67-24-20-61(6)87(108,120-67)81(105)84(106)99-30-14-12-19-70(99)85(107)118-74(51-71(101)58(3)47-60(5)79(104)80(110-8)78(103)59(4)46-56)68(88)48-62-21-25-66(26-22-62)117-33-15-13-18-65-54-98(96-94-65)32-35-112-37-39-114-41-43-116-45-44-115-42-40-113-38-36-111-34-29-75(102)97-31-28-63(52-97)53-100-83-76(82(89)91-55-92-83)77(95-100)64-23-27-72-69(49-64)93-86(90)119-72/h9-11,16-17,23,27,47,49,54-56,58-59,61-63,66-68,70,73-74,79-80,104,108H,12-15,18-22,24-26,28-46,48,50-53,88H2,1-8H3,(H2,90,93)(H2,89,91,92)/b11-9+,16-10+,57-17+,60-47+/t56-,58-,59-,61-,62-,63?,66-,67+,68-,70+,73+,74+,79-,80+,87-/m1/s1. The summed E-state index contributed by atoms with van der Waals surface area (Å²) in [5.41, 5.74) is 24.5. The number of hydrogen-bond donors (Lipinski definition) is 5. The van der Waals surface area contributed by atoms with E-state index in [1.165, 1.54) is 18.3 Å². The Morgan fingerprint density at radius 1 is 0.758 bits per heavy atom. The topological polar surface area (TPSA) is 429 Å². The van der Waals surface area contributed by atoms with Gasteiger partial charge >= 0.3 is 5.97 Å². The normalized spacial score (nSPS) is 28.1. The summed E-state index contributed by atoms with van der Waals surface area (Å²) in [6.07, 6.45) is 19.6. The van der Waals surface area contributed by atoms with Gasteiger partial charge in [0.15, 0.2) is 17.0 Å². The van der Waals surface area contributed by atoms with Gasteiger partial charge in [-0.05, 0) is 157 Å². The highest BCUT2D eigenvalue weighted by molar-refractivity contribution is 6.39. The van der Waals surface area contributed by atoms with Gasteiger partial charge in [0.05, 0.1) is 122 Å². The molecule has 2 amide bonds. The lowest BCUT2D eigenvalue weighted by atomic mass is 9.81. The zero-order valence-electron chi connectivity index (χ0n) is 71.3. The first-order valence-electron chi connectivity index (χ1n) is 43.0. The molecule has 13 atom stereocenters. The molecule has 5 aliphatic rings. The molecular formula is C87H129N13O20. The number of unbranched alkanes of at least 4 members (excludes halogenated alkanes) is 1. The number of ketones is 3. The van der Waals surface area contributed by atoms with Gasteiger partial charge in [0.2, 0.25) is 11.7 Å². The number of aliphatic hydroxyl groups is 2. The maximum atomic E-state index is 14.7. The van der Waals surface area contributed by atoms with Crippen LogP contribution in [-0.2, 0) is 100 Å². The molecule has 4 aliphatic heterocycles. The summed E-state index contributed by atoms with van der Waals surface area (Å²) >= 11 is 0. The number of piperidine rings is 1. The molecule has 120 heavy (non-hydrogen) atoms. The number of anilines is 2. The van der Waals surface area contributed by atoms with Crippen LogP contribution in [0.2, 0.25) is 0 Å². The van der Waals surface area contributed by atoms with Crippen LogP contribution in [0.4, 0.5) is 11.8 Å². The maximum absolute atomic E-state index is 14.7. The summed E-state index contributed by atoms with van der Waals surface area (Å²) in [7, 11) is 2.95. The number of nitrogens with zero attached hydrogens (tertiary/aromatic N) is 10. The van der Waals surface area contributed by atoms with Crippen molar-refractivity contribution in [3.63, 3.8) is 0 Å². The highest BCUT2D eigenvalue weighted by atomic mass is 16.6. The van der Waals surface area contributed by atoms with Crippen LogP contribution in [0.5, 0.6) is 0 Å². The molecule has 0 radical (unpaired) electrons. The predicted molar refractivity (Wildman–Crippen MR) is 446 cm³/mol. The van der Waals surface area contributed by atoms with E-state index in [4.69, 9.17) is 78.8 Å². The van der Waals surface area contributed by atoms with Gasteiger partial charge in [0, 0.05) is 95.4 Å². The molecule has 1 unspecified atom stereocenters. The number of Topliss-reactive ketones (excluding diaryl/α,β-unsaturated/α-hetero) is 3. The van der Waals surface area contributed by atoms with Crippen LogP contribution in [0.1, 0.15) is 156 Å². The van der Waals surface area contributed by atoms with Crippen molar-refractivity contribution in [3.8, 4) is 11.3 Å². The Labute approximate surface area is 703 Å². The predicted octanol–water partition coefficient (Wildman–Crippen LogP) is 8.04. The van der Waals surface area contributed by atoms with Gasteiger partial charge in [-0.15, -0.1) is 5.10 Å². The Morgan fingerprint density at radius 2 is 1.47 bits per heavy atom. The number of hydrogen-bond acceptors (Lipinski definition) is 29. The molecule has 8 heterocycles. The number of methoxy groups -OCH3 is 2. The van der Waals surface area contributed by atoms with Crippen molar-refractivity contribution in [2.75, 3.05) is 131 Å². The highest BCUT2D eigenvalue weighted by Crippen LogP contribution is 2.39. The Balaban J connectivity index is 0.566. The van der Waals surface area contributed by atoms with Crippen LogP contribution in [0.25, 0.3) is 33.4 Å². The van der Waals surface area contributed by atoms with E-state index >= 15 is 0 Å². The minimum absolute atomic E-state index is 0.00704. The van der Waals surface area contributed by atoms with E-state index in [0.29, 0.717) is 196 Å². The number of oxazole rings is 1. The van der Waals surface area contributed by atoms with E-state index in [0.717, 1.165) is 68.2 Å². The van der Waals surface area contributed by atoms with Crippen molar-refractivity contribution in [1.29, 1.82) is 0 Å². The second-order valence-electron chi connectivity index (χ2n) is 32.8. The number of fused-ring (bicyclic) bond motifs is 5. The van der Waals surface area contributed by atoms with Gasteiger partial charge in [0.25, 0.3) is 17.7 Å². The van der Waals surface area contributed by atoms with Crippen molar-refractivity contribution in [3.05, 3.63) is 84.0 Å². The number of amides is 2. The Bertz CT molecular complexity index is 4230. The number of cyclic esters (lactones) is 1. The summed E-state index contributed by atoms with van der Waals surface area (Å²) in [5, 5.41) is 37.9. The second-order valence-corrected chi connectivity index (χ2v) is 32.8. The highest BCUT2D eigenvalue weighted by Gasteiger charge is 2.53. The number of esters is 1. The number of benzene rings is 1. The Hall–Kier alpha value is -8.16. The fourth-order valence-electron chi connectivity index (χ4n) is 16.6. The Morgan fingerprint density at radius 3 is 2.17 bits per heavy atom. The summed E-state index contributed by atoms with van der Waals surface area (Å²) in [6.45, 7) is 18.6. The molecule has 1 aliphatic carbocycles. The molecule has 2 bridgehead atoms. The first-order valence-corrected chi connectivity index (χ1v) is 43.0. The molecule has 3 saturated heterocycles. The van der Waals surface area contributed by atoms with Crippen LogP contribution in [0, 0.1) is 35.5 Å². The van der Waals surface area contributed by atoms with Crippen molar-refractivity contribution in [1.82, 2.24) is 49.5 Å². The monoisotopic (exact) mass is 1680 g/mol. The number of aryl methyl sites for hydroxylation is 1. The van der Waals surface area contributed by atoms with Gasteiger partial charge in [-0.3, -0.25) is 24.0 Å². The van der Waals surface area contributed by atoms with Gasteiger partial charge in [0.1, 0.15) is 53.5 Å². The van der Waals surface area contributed by atoms with E-state index in [1.807, 2.05) is 79.1 Å². The number of likely N-dealkylation sites (tertiary alicyclic amines) is 1. The first kappa shape index (κ1) is 94.1. The van der Waals surface area contributed by atoms with Crippen molar-refractivity contribution < 1.29 is 95.5 Å². The molecule has 33 heteroatoms. The van der Waals surface area contributed by atoms with Crippen LogP contribution >= 0.6 is 0 Å². The largest absolute Gasteiger partial charge is 0.459 e. The second kappa shape index (κ2) is 47.5. The van der Waals surface area contributed by atoms with Crippen LogP contribution in [0.3, 0.4) is 0 Å². The van der Waals surface area contributed by atoms with Crippen molar-refractivity contribution in [2.24, 2.45) is 41.2 Å². The van der Waals surface area contributed by atoms with Gasteiger partial charge in [-0.1, -0.05) is 69.4 Å². The van der Waals surface area contributed by atoms with Gasteiger partial charge in [-0.2, -0.15) is 10.1 Å². The average molecular weight is 1680 g/mol. The minimum atomic E-state index is -2.47. The summed E-state index contributed by atoms with van der Waals surface area (Å²) in [6, 6.07) is 3.60. The van der Waals surface area contributed by atoms with Crippen LogP contribution in [0.15, 0.2) is 82.7 Å². The summed E-state index contributed by atoms with van der Waals surface area (Å²) in [4.78, 5) is 101. The lowest BCUT2D eigenvalue weighted by molar-refractivity contribution is -0.265. The maximum Gasteiger partial charge on any atom is 0.329 e. The average Bonchev–Trinajstić information content (AvgIpc) is 1.29. The number of aromatic nitrogens is 8. The third kappa shape index (κ3) is 27.2. The zero-order valence-corrected chi connectivity index (χ0v) is 71.3. The summed E-state index contributed by atoms with van der Waals surface area (Å²) < 4.78 is 73.5.